The summed E-state index contributed by atoms with van der Waals surface area (Å²) in [5, 5.41) is 0. The van der Waals surface area contributed by atoms with Gasteiger partial charge in [0, 0.05) is 12.6 Å². The van der Waals surface area contributed by atoms with Crippen molar-refractivity contribution < 1.29 is 4.74 Å². The molecule has 4 nitrogen and oxygen atoms in total. The first kappa shape index (κ1) is 15.8. The van der Waals surface area contributed by atoms with Crippen molar-refractivity contribution in [3.8, 4) is 5.75 Å². The first-order valence-electron chi connectivity index (χ1n) is 7.99. The van der Waals surface area contributed by atoms with Crippen LogP contribution in [0, 0.1) is 0 Å². The van der Waals surface area contributed by atoms with Gasteiger partial charge in [-0.3, -0.25) is 0 Å². The van der Waals surface area contributed by atoms with Crippen LogP contribution in [0.15, 0.2) is 18.2 Å². The molecule has 0 saturated heterocycles. The molecule has 1 heterocycles. The minimum absolute atomic E-state index is 0.0104. The summed E-state index contributed by atoms with van der Waals surface area (Å²) in [5.74, 6) is 1.86. The summed E-state index contributed by atoms with van der Waals surface area (Å²) in [7, 11) is 0. The molecule has 1 aromatic carbocycles. The summed E-state index contributed by atoms with van der Waals surface area (Å²) in [6.45, 7) is 9.33. The second-order valence-electron chi connectivity index (χ2n) is 5.81. The van der Waals surface area contributed by atoms with Crippen LogP contribution in [-0.2, 0) is 6.54 Å². The molecule has 0 aliphatic carbocycles. The largest absolute Gasteiger partial charge is 0.491 e. The predicted octanol–water partition coefficient (Wildman–Crippen LogP) is 4.03. The van der Waals surface area contributed by atoms with Crippen LogP contribution < -0.4 is 10.5 Å². The molecule has 1 unspecified atom stereocenters. The van der Waals surface area contributed by atoms with Crippen LogP contribution in [0.4, 0.5) is 0 Å². The molecule has 21 heavy (non-hydrogen) atoms. The number of aryl methyl sites for hydroxylation is 1. The van der Waals surface area contributed by atoms with Gasteiger partial charge in [-0.2, -0.15) is 0 Å². The summed E-state index contributed by atoms with van der Waals surface area (Å²) in [5.41, 5.74) is 8.36. The Morgan fingerprint density at radius 3 is 2.67 bits per heavy atom. The van der Waals surface area contributed by atoms with E-state index in [1.165, 1.54) is 0 Å². The lowest BCUT2D eigenvalue weighted by Gasteiger charge is -2.13. The Labute approximate surface area is 127 Å². The minimum atomic E-state index is -0.0104. The van der Waals surface area contributed by atoms with Gasteiger partial charge in [-0.1, -0.05) is 20.3 Å². The van der Waals surface area contributed by atoms with Crippen molar-refractivity contribution in [2.45, 2.75) is 65.6 Å². The Morgan fingerprint density at radius 2 is 2.05 bits per heavy atom. The summed E-state index contributed by atoms with van der Waals surface area (Å²) in [6, 6.07) is 6.13. The van der Waals surface area contributed by atoms with Crippen molar-refractivity contribution in [3.63, 3.8) is 0 Å². The second kappa shape index (κ2) is 6.94. The lowest BCUT2D eigenvalue weighted by Crippen LogP contribution is -2.16. The van der Waals surface area contributed by atoms with E-state index in [1.807, 2.05) is 26.0 Å². The highest BCUT2D eigenvalue weighted by atomic mass is 16.5. The normalized spacial score (nSPS) is 13.0. The van der Waals surface area contributed by atoms with Gasteiger partial charge in [0.15, 0.2) is 0 Å². The van der Waals surface area contributed by atoms with Crippen molar-refractivity contribution in [3.05, 3.63) is 24.0 Å². The zero-order valence-electron chi connectivity index (χ0n) is 13.6. The van der Waals surface area contributed by atoms with Crippen LogP contribution in [0.5, 0.6) is 5.75 Å². The van der Waals surface area contributed by atoms with Crippen LogP contribution in [0.1, 0.15) is 58.8 Å². The molecule has 0 radical (unpaired) electrons. The molecule has 4 heteroatoms. The second-order valence-corrected chi connectivity index (χ2v) is 5.81. The lowest BCUT2D eigenvalue weighted by molar-refractivity contribution is 0.242. The highest BCUT2D eigenvalue weighted by Crippen LogP contribution is 2.26. The van der Waals surface area contributed by atoms with Gasteiger partial charge in [-0.05, 0) is 38.8 Å². The molecule has 0 aliphatic rings. The third-order valence-electron chi connectivity index (χ3n) is 3.63. The predicted molar refractivity (Wildman–Crippen MR) is 87.6 cm³/mol. The Balaban J connectivity index is 2.45. The van der Waals surface area contributed by atoms with E-state index in [0.717, 1.165) is 48.4 Å². The number of imidazole rings is 1. The van der Waals surface area contributed by atoms with Gasteiger partial charge in [-0.25, -0.2) is 4.98 Å². The van der Waals surface area contributed by atoms with Gasteiger partial charge in [-0.15, -0.1) is 0 Å². The van der Waals surface area contributed by atoms with E-state index in [1.54, 1.807) is 0 Å². The number of unbranched alkanes of at least 4 members (excludes halogenated alkanes) is 1. The summed E-state index contributed by atoms with van der Waals surface area (Å²) >= 11 is 0. The maximum absolute atomic E-state index is 6.23. The highest BCUT2D eigenvalue weighted by molar-refractivity contribution is 5.78. The molecule has 2 aromatic rings. The first-order chi connectivity index (χ1) is 10.1. The molecule has 0 amide bonds. The molecule has 1 aromatic heterocycles. The molecule has 0 bridgehead atoms. The molecule has 2 rings (SSSR count). The number of benzene rings is 1. The van der Waals surface area contributed by atoms with E-state index in [-0.39, 0.29) is 12.1 Å². The number of ether oxygens (including phenoxy) is 1. The molecule has 2 N–H and O–H groups in total. The van der Waals surface area contributed by atoms with Crippen molar-refractivity contribution in [1.29, 1.82) is 0 Å². The van der Waals surface area contributed by atoms with E-state index in [2.05, 4.69) is 24.5 Å². The highest BCUT2D eigenvalue weighted by Gasteiger charge is 2.16. The molecular formula is C17H27N3O. The standard InChI is InChI=1S/C17H27N3O/c1-5-7-10-20-16-9-8-13(21-12(3)4)11-15(16)19-17(20)14(18)6-2/h8-9,11-12,14H,5-7,10,18H2,1-4H3. The Hall–Kier alpha value is -1.55. The topological polar surface area (TPSA) is 53.1 Å². The molecule has 0 spiro atoms. The van der Waals surface area contributed by atoms with Gasteiger partial charge in [0.2, 0.25) is 0 Å². The summed E-state index contributed by atoms with van der Waals surface area (Å²) < 4.78 is 8.03. The monoisotopic (exact) mass is 289 g/mol. The Morgan fingerprint density at radius 1 is 1.29 bits per heavy atom. The maximum atomic E-state index is 6.23. The third-order valence-corrected chi connectivity index (χ3v) is 3.63. The average molecular weight is 289 g/mol. The van der Waals surface area contributed by atoms with Crippen molar-refractivity contribution in [1.82, 2.24) is 9.55 Å². The Kier molecular flexibility index (Phi) is 5.23. The van der Waals surface area contributed by atoms with E-state index in [9.17, 15) is 0 Å². The zero-order valence-corrected chi connectivity index (χ0v) is 13.6. The van der Waals surface area contributed by atoms with Crippen LogP contribution in [-0.4, -0.2) is 15.7 Å². The number of fused-ring (bicyclic) bond motifs is 1. The zero-order chi connectivity index (χ0) is 15.4. The number of aromatic nitrogens is 2. The summed E-state index contributed by atoms with van der Waals surface area (Å²) in [4.78, 5) is 4.76. The van der Waals surface area contributed by atoms with Gasteiger partial charge in [0.25, 0.3) is 0 Å². The van der Waals surface area contributed by atoms with Crippen molar-refractivity contribution in [2.24, 2.45) is 5.73 Å². The van der Waals surface area contributed by atoms with E-state index in [4.69, 9.17) is 15.5 Å². The molecule has 1 atom stereocenters. The Bertz CT molecular complexity index is 589. The number of nitrogens with zero attached hydrogens (tertiary/aromatic N) is 2. The molecular weight excluding hydrogens is 262 g/mol. The fraction of sp³-hybridized carbons (Fsp3) is 0.588. The summed E-state index contributed by atoms with van der Waals surface area (Å²) in [6.07, 6.45) is 3.36. The number of nitrogens with two attached hydrogens (primary N) is 1. The molecule has 0 saturated carbocycles. The van der Waals surface area contributed by atoms with E-state index < -0.39 is 0 Å². The fourth-order valence-corrected chi connectivity index (χ4v) is 2.49. The van der Waals surface area contributed by atoms with Crippen LogP contribution in [0.3, 0.4) is 0 Å². The number of hydrogen-bond donors (Lipinski definition) is 1. The van der Waals surface area contributed by atoms with Gasteiger partial charge in [0.1, 0.15) is 11.6 Å². The van der Waals surface area contributed by atoms with Gasteiger partial charge >= 0.3 is 0 Å². The first-order valence-corrected chi connectivity index (χ1v) is 7.99. The number of hydrogen-bond acceptors (Lipinski definition) is 3. The average Bonchev–Trinajstić information content (AvgIpc) is 2.81. The quantitative estimate of drug-likeness (QED) is 0.837. The smallest absolute Gasteiger partial charge is 0.126 e. The minimum Gasteiger partial charge on any atom is -0.491 e. The lowest BCUT2D eigenvalue weighted by atomic mass is 10.2. The SMILES string of the molecule is CCCCn1c(C(N)CC)nc2cc(OC(C)C)ccc21. The van der Waals surface area contributed by atoms with Crippen molar-refractivity contribution in [2.75, 3.05) is 0 Å². The van der Waals surface area contributed by atoms with Gasteiger partial charge < -0.3 is 15.0 Å². The molecule has 0 aliphatic heterocycles. The van der Waals surface area contributed by atoms with Crippen molar-refractivity contribution >= 4 is 11.0 Å². The molecule has 116 valence electrons. The van der Waals surface area contributed by atoms with E-state index >= 15 is 0 Å². The van der Waals surface area contributed by atoms with Crippen LogP contribution in [0.2, 0.25) is 0 Å². The number of rotatable bonds is 7. The maximum Gasteiger partial charge on any atom is 0.126 e. The van der Waals surface area contributed by atoms with Crippen LogP contribution >= 0.6 is 0 Å². The van der Waals surface area contributed by atoms with Gasteiger partial charge in [0.05, 0.1) is 23.2 Å². The third kappa shape index (κ3) is 3.56. The van der Waals surface area contributed by atoms with Crippen LogP contribution in [0.25, 0.3) is 11.0 Å². The fourth-order valence-electron chi connectivity index (χ4n) is 2.49. The molecule has 0 fully saturated rings. The van der Waals surface area contributed by atoms with E-state index in [0.29, 0.717) is 0 Å².